The first-order valence-corrected chi connectivity index (χ1v) is 11.8. The minimum absolute atomic E-state index is 0.00831. The summed E-state index contributed by atoms with van der Waals surface area (Å²) in [5.41, 5.74) is 0.978. The fourth-order valence-corrected chi connectivity index (χ4v) is 5.01. The summed E-state index contributed by atoms with van der Waals surface area (Å²) >= 11 is 2.01. The van der Waals surface area contributed by atoms with E-state index in [0.29, 0.717) is 34.2 Å². The lowest BCUT2D eigenvalue weighted by atomic mass is 10.0. The van der Waals surface area contributed by atoms with Crippen molar-refractivity contribution >= 4 is 22.8 Å². The van der Waals surface area contributed by atoms with Crippen LogP contribution in [0.3, 0.4) is 0 Å². The molecule has 2 aromatic heterocycles. The SMILES string of the molecule is C[C@@H](NCC1CCSCC1)c1nc2ncccc2c(=O)n1-c1ccc(OCCF)cc1. The van der Waals surface area contributed by atoms with Crippen LogP contribution < -0.4 is 15.6 Å². The van der Waals surface area contributed by atoms with Crippen molar-refractivity contribution in [1.82, 2.24) is 19.9 Å². The van der Waals surface area contributed by atoms with Gasteiger partial charge >= 0.3 is 0 Å². The van der Waals surface area contributed by atoms with Gasteiger partial charge in [-0.3, -0.25) is 9.36 Å². The molecule has 0 aliphatic carbocycles. The Kier molecular flexibility index (Phi) is 7.19. The van der Waals surface area contributed by atoms with Gasteiger partial charge in [-0.25, -0.2) is 14.4 Å². The lowest BCUT2D eigenvalue weighted by molar-refractivity contribution is 0.273. The standard InChI is InChI=1S/C23H27FN4O2S/c1-16(26-15-17-8-13-31-14-9-17)22-27-21-20(3-2-11-25-21)23(29)28(22)18-4-6-19(7-5-18)30-12-10-24/h2-7,11,16-17,26H,8-10,12-15H2,1H3/t16-/m1/s1. The zero-order valence-corrected chi connectivity index (χ0v) is 18.4. The highest BCUT2D eigenvalue weighted by atomic mass is 32.2. The van der Waals surface area contributed by atoms with Gasteiger partial charge in [0.1, 0.15) is 24.9 Å². The molecule has 164 valence electrons. The summed E-state index contributed by atoms with van der Waals surface area (Å²) in [6, 6.07) is 10.4. The molecule has 0 amide bonds. The second-order valence-corrected chi connectivity index (χ2v) is 8.93. The average molecular weight is 443 g/mol. The molecule has 1 aliphatic heterocycles. The Morgan fingerprint density at radius 3 is 2.77 bits per heavy atom. The maximum atomic E-state index is 13.4. The van der Waals surface area contributed by atoms with Crippen LogP contribution in [0.4, 0.5) is 4.39 Å². The summed E-state index contributed by atoms with van der Waals surface area (Å²) in [4.78, 5) is 22.4. The topological polar surface area (TPSA) is 69.0 Å². The number of alkyl halides is 1. The summed E-state index contributed by atoms with van der Waals surface area (Å²) in [5.74, 6) is 4.25. The molecule has 1 aliphatic rings. The van der Waals surface area contributed by atoms with E-state index in [1.165, 1.54) is 24.3 Å². The minimum Gasteiger partial charge on any atom is -0.491 e. The highest BCUT2D eigenvalue weighted by Gasteiger charge is 2.20. The normalized spacial score (nSPS) is 15.8. The van der Waals surface area contributed by atoms with Crippen LogP contribution in [0.2, 0.25) is 0 Å². The van der Waals surface area contributed by atoms with Crippen molar-refractivity contribution < 1.29 is 9.13 Å². The Labute approximate surface area is 185 Å². The number of aromatic nitrogens is 3. The number of hydrogen-bond acceptors (Lipinski definition) is 6. The molecule has 0 bridgehead atoms. The highest BCUT2D eigenvalue weighted by molar-refractivity contribution is 7.99. The Morgan fingerprint density at radius 1 is 1.26 bits per heavy atom. The van der Waals surface area contributed by atoms with E-state index in [2.05, 4.69) is 10.3 Å². The van der Waals surface area contributed by atoms with Gasteiger partial charge in [-0.1, -0.05) is 0 Å². The van der Waals surface area contributed by atoms with Crippen molar-refractivity contribution in [2.24, 2.45) is 5.92 Å². The van der Waals surface area contributed by atoms with Crippen molar-refractivity contribution in [3.8, 4) is 11.4 Å². The Bertz CT molecular complexity index is 1070. The number of nitrogens with one attached hydrogen (secondary N) is 1. The van der Waals surface area contributed by atoms with E-state index in [1.54, 1.807) is 47.2 Å². The summed E-state index contributed by atoms with van der Waals surface area (Å²) in [6.07, 6.45) is 4.08. The lowest BCUT2D eigenvalue weighted by Crippen LogP contribution is -2.33. The van der Waals surface area contributed by atoms with Gasteiger partial charge in [0.2, 0.25) is 0 Å². The molecular weight excluding hydrogens is 415 g/mol. The predicted molar refractivity (Wildman–Crippen MR) is 123 cm³/mol. The van der Waals surface area contributed by atoms with Gasteiger partial charge in [-0.05, 0) is 80.1 Å². The molecule has 1 atom stereocenters. The second-order valence-electron chi connectivity index (χ2n) is 7.70. The molecule has 1 fully saturated rings. The Balaban J connectivity index is 1.68. The van der Waals surface area contributed by atoms with Gasteiger partial charge < -0.3 is 10.1 Å². The first-order valence-electron chi connectivity index (χ1n) is 10.7. The molecule has 8 heteroatoms. The number of rotatable bonds is 8. The molecule has 4 rings (SSSR count). The van der Waals surface area contributed by atoms with E-state index >= 15 is 0 Å². The van der Waals surface area contributed by atoms with Crippen LogP contribution in [-0.4, -0.2) is 45.9 Å². The molecule has 3 heterocycles. The van der Waals surface area contributed by atoms with Crippen LogP contribution in [0, 0.1) is 5.92 Å². The number of nitrogens with zero attached hydrogens (tertiary/aromatic N) is 3. The van der Waals surface area contributed by atoms with Crippen LogP contribution >= 0.6 is 11.8 Å². The van der Waals surface area contributed by atoms with Crippen molar-refractivity contribution in [1.29, 1.82) is 0 Å². The minimum atomic E-state index is -0.546. The molecule has 1 saturated heterocycles. The fourth-order valence-electron chi connectivity index (χ4n) is 3.81. The summed E-state index contributed by atoms with van der Waals surface area (Å²) in [7, 11) is 0. The number of pyridine rings is 1. The third kappa shape index (κ3) is 5.07. The third-order valence-electron chi connectivity index (χ3n) is 5.55. The monoisotopic (exact) mass is 442 g/mol. The van der Waals surface area contributed by atoms with E-state index in [-0.39, 0.29) is 18.2 Å². The molecule has 1 N–H and O–H groups in total. The second kappa shape index (κ2) is 10.2. The first kappa shape index (κ1) is 21.8. The fraction of sp³-hybridized carbons (Fsp3) is 0.435. The molecule has 3 aromatic rings. The van der Waals surface area contributed by atoms with Crippen LogP contribution in [0.15, 0.2) is 47.4 Å². The molecule has 1 aromatic carbocycles. The van der Waals surface area contributed by atoms with Gasteiger partial charge in [0, 0.05) is 6.20 Å². The van der Waals surface area contributed by atoms with Gasteiger partial charge in [-0.2, -0.15) is 11.8 Å². The van der Waals surface area contributed by atoms with Crippen LogP contribution in [0.1, 0.15) is 31.6 Å². The largest absolute Gasteiger partial charge is 0.491 e. The quantitative estimate of drug-likeness (QED) is 0.570. The van der Waals surface area contributed by atoms with Gasteiger partial charge in [-0.15, -0.1) is 0 Å². The van der Waals surface area contributed by atoms with Crippen LogP contribution in [0.25, 0.3) is 16.7 Å². The molecule has 6 nitrogen and oxygen atoms in total. The maximum Gasteiger partial charge on any atom is 0.267 e. The zero-order valence-electron chi connectivity index (χ0n) is 17.6. The van der Waals surface area contributed by atoms with Crippen molar-refractivity contribution in [3.05, 3.63) is 58.8 Å². The van der Waals surface area contributed by atoms with E-state index in [1.807, 2.05) is 18.7 Å². The third-order valence-corrected chi connectivity index (χ3v) is 6.60. The predicted octanol–water partition coefficient (Wildman–Crippen LogP) is 3.92. The Morgan fingerprint density at radius 2 is 2.03 bits per heavy atom. The molecule has 0 radical (unpaired) electrons. The number of fused-ring (bicyclic) bond motifs is 1. The van der Waals surface area contributed by atoms with Crippen LogP contribution in [0.5, 0.6) is 5.75 Å². The number of hydrogen-bond donors (Lipinski definition) is 1. The van der Waals surface area contributed by atoms with E-state index in [9.17, 15) is 9.18 Å². The lowest BCUT2D eigenvalue weighted by Gasteiger charge is -2.25. The van der Waals surface area contributed by atoms with E-state index < -0.39 is 6.67 Å². The molecule has 0 spiro atoms. The average Bonchev–Trinajstić information content (AvgIpc) is 2.82. The molecule has 0 saturated carbocycles. The number of thioether (sulfide) groups is 1. The van der Waals surface area contributed by atoms with Gasteiger partial charge in [0.25, 0.3) is 5.56 Å². The molecular formula is C23H27FN4O2S. The van der Waals surface area contributed by atoms with Gasteiger partial charge in [0.05, 0.1) is 17.1 Å². The van der Waals surface area contributed by atoms with Crippen molar-refractivity contribution in [2.75, 3.05) is 31.3 Å². The van der Waals surface area contributed by atoms with E-state index in [4.69, 9.17) is 9.72 Å². The molecule has 31 heavy (non-hydrogen) atoms. The first-order chi connectivity index (χ1) is 15.2. The zero-order chi connectivity index (χ0) is 21.6. The van der Waals surface area contributed by atoms with Crippen molar-refractivity contribution in [2.45, 2.75) is 25.8 Å². The van der Waals surface area contributed by atoms with Crippen molar-refractivity contribution in [3.63, 3.8) is 0 Å². The number of ether oxygens (including phenoxy) is 1. The molecule has 0 unspecified atom stereocenters. The summed E-state index contributed by atoms with van der Waals surface area (Å²) < 4.78 is 19.3. The summed E-state index contributed by atoms with van der Waals surface area (Å²) in [5, 5.41) is 4.06. The van der Waals surface area contributed by atoms with Crippen LogP contribution in [-0.2, 0) is 0 Å². The maximum absolute atomic E-state index is 13.4. The Hall–Kier alpha value is -2.45. The van der Waals surface area contributed by atoms with E-state index in [0.717, 1.165) is 6.54 Å². The number of halogens is 1. The highest BCUT2D eigenvalue weighted by Crippen LogP contribution is 2.24. The number of benzene rings is 1. The summed E-state index contributed by atoms with van der Waals surface area (Å²) in [6.45, 7) is 2.39. The van der Waals surface area contributed by atoms with Gasteiger partial charge in [0.15, 0.2) is 5.65 Å². The smallest absolute Gasteiger partial charge is 0.267 e.